The summed E-state index contributed by atoms with van der Waals surface area (Å²) in [6.07, 6.45) is 0. The number of carbonyl (C=O) groups is 3. The Morgan fingerprint density at radius 1 is 1.03 bits per heavy atom. The molecule has 0 bridgehead atoms. The molecule has 10 nitrogen and oxygen atoms in total. The first-order valence-electron chi connectivity index (χ1n) is 9.98. The summed E-state index contributed by atoms with van der Waals surface area (Å²) in [5, 5.41) is 5.25. The molecule has 0 aromatic heterocycles. The number of rotatable bonds is 4. The number of sulfonamides is 1. The molecule has 2 aromatic rings. The summed E-state index contributed by atoms with van der Waals surface area (Å²) >= 11 is 0. The standard InChI is InChI=1S/C21H22N4O6S/c1-14(26)22-16-4-2-15(3-5-16)21(28)24-8-10-25(11-9-24)32(29,30)17-6-7-19-18(12-17)23-20(27)13-31-19/h2-7,12H,8-11,13H2,1H3,(H,22,26)(H,23,27). The Hall–Kier alpha value is -3.44. The van der Waals surface area contributed by atoms with Crippen molar-refractivity contribution < 1.29 is 27.5 Å². The number of anilines is 2. The predicted molar refractivity (Wildman–Crippen MR) is 116 cm³/mol. The third-order valence-electron chi connectivity index (χ3n) is 5.20. The topological polar surface area (TPSA) is 125 Å². The van der Waals surface area contributed by atoms with Crippen LogP contribution in [0.15, 0.2) is 47.4 Å². The first-order valence-corrected chi connectivity index (χ1v) is 11.4. The van der Waals surface area contributed by atoms with E-state index < -0.39 is 10.0 Å². The van der Waals surface area contributed by atoms with Crippen LogP contribution in [0.1, 0.15) is 17.3 Å². The van der Waals surface area contributed by atoms with Gasteiger partial charge in [0.25, 0.3) is 11.8 Å². The van der Waals surface area contributed by atoms with Crippen LogP contribution in [0.3, 0.4) is 0 Å². The third kappa shape index (κ3) is 4.43. The fourth-order valence-electron chi connectivity index (χ4n) is 3.59. The number of amides is 3. The SMILES string of the molecule is CC(=O)Nc1ccc(C(=O)N2CCN(S(=O)(=O)c3ccc4c(c3)NC(=O)CO4)CC2)cc1. The Morgan fingerprint density at radius 2 is 1.72 bits per heavy atom. The number of piperazine rings is 1. The first-order chi connectivity index (χ1) is 15.2. The normalized spacial score (nSPS) is 16.5. The Balaban J connectivity index is 1.42. The van der Waals surface area contributed by atoms with Crippen LogP contribution in [0.4, 0.5) is 11.4 Å². The van der Waals surface area contributed by atoms with Crippen LogP contribution in [0.2, 0.25) is 0 Å². The molecule has 2 N–H and O–H groups in total. The van der Waals surface area contributed by atoms with Gasteiger partial charge < -0.3 is 20.3 Å². The molecule has 0 unspecified atom stereocenters. The highest BCUT2D eigenvalue weighted by molar-refractivity contribution is 7.89. The molecule has 4 rings (SSSR count). The van der Waals surface area contributed by atoms with Crippen LogP contribution in [0.25, 0.3) is 0 Å². The summed E-state index contributed by atoms with van der Waals surface area (Å²) in [6.45, 7) is 2.09. The second-order valence-corrected chi connectivity index (χ2v) is 9.39. The zero-order valence-corrected chi connectivity index (χ0v) is 18.1. The second-order valence-electron chi connectivity index (χ2n) is 7.45. The van der Waals surface area contributed by atoms with Gasteiger partial charge >= 0.3 is 0 Å². The van der Waals surface area contributed by atoms with Crippen LogP contribution in [-0.2, 0) is 19.6 Å². The largest absolute Gasteiger partial charge is 0.482 e. The van der Waals surface area contributed by atoms with E-state index in [4.69, 9.17) is 4.74 Å². The Kier molecular flexibility index (Phi) is 5.85. The molecule has 2 aliphatic heterocycles. The predicted octanol–water partition coefficient (Wildman–Crippen LogP) is 1.12. The molecule has 1 fully saturated rings. The minimum absolute atomic E-state index is 0.0513. The lowest BCUT2D eigenvalue weighted by Gasteiger charge is -2.34. The fraction of sp³-hybridized carbons (Fsp3) is 0.286. The van der Waals surface area contributed by atoms with Crippen molar-refractivity contribution in [2.75, 3.05) is 43.4 Å². The second kappa shape index (κ2) is 8.60. The summed E-state index contributed by atoms with van der Waals surface area (Å²) in [4.78, 5) is 37.0. The monoisotopic (exact) mass is 458 g/mol. The van der Waals surface area contributed by atoms with E-state index in [1.165, 1.54) is 29.4 Å². The number of hydrogen-bond donors (Lipinski definition) is 2. The summed E-state index contributed by atoms with van der Waals surface area (Å²) in [7, 11) is -3.80. The van der Waals surface area contributed by atoms with E-state index in [2.05, 4.69) is 10.6 Å². The lowest BCUT2D eigenvalue weighted by molar-refractivity contribution is -0.118. The maximum absolute atomic E-state index is 13.1. The van der Waals surface area contributed by atoms with Gasteiger partial charge in [0.05, 0.1) is 10.6 Å². The van der Waals surface area contributed by atoms with Gasteiger partial charge in [0.1, 0.15) is 5.75 Å². The highest BCUT2D eigenvalue weighted by atomic mass is 32.2. The minimum Gasteiger partial charge on any atom is -0.482 e. The number of ether oxygens (including phenoxy) is 1. The number of nitrogens with zero attached hydrogens (tertiary/aromatic N) is 2. The molecular weight excluding hydrogens is 436 g/mol. The van der Waals surface area contributed by atoms with E-state index in [0.717, 1.165) is 0 Å². The summed E-state index contributed by atoms with van der Waals surface area (Å²) in [6, 6.07) is 10.9. The van der Waals surface area contributed by atoms with E-state index in [9.17, 15) is 22.8 Å². The van der Waals surface area contributed by atoms with Gasteiger partial charge in [-0.2, -0.15) is 4.31 Å². The quantitative estimate of drug-likeness (QED) is 0.708. The molecule has 3 amide bonds. The molecule has 32 heavy (non-hydrogen) atoms. The van der Waals surface area contributed by atoms with E-state index in [-0.39, 0.29) is 55.4 Å². The fourth-order valence-corrected chi connectivity index (χ4v) is 5.03. The molecular formula is C21H22N4O6S. The molecule has 0 radical (unpaired) electrons. The van der Waals surface area contributed by atoms with Crippen LogP contribution in [0, 0.1) is 0 Å². The van der Waals surface area contributed by atoms with Crippen molar-refractivity contribution in [2.45, 2.75) is 11.8 Å². The number of hydrogen-bond acceptors (Lipinski definition) is 6. The minimum atomic E-state index is -3.80. The Bertz CT molecular complexity index is 1170. The van der Waals surface area contributed by atoms with Crippen LogP contribution in [0.5, 0.6) is 5.75 Å². The van der Waals surface area contributed by atoms with Crippen molar-refractivity contribution in [3.8, 4) is 5.75 Å². The molecule has 2 heterocycles. The summed E-state index contributed by atoms with van der Waals surface area (Å²) in [5.41, 5.74) is 1.37. The zero-order chi connectivity index (χ0) is 22.9. The molecule has 2 aromatic carbocycles. The van der Waals surface area contributed by atoms with E-state index in [0.29, 0.717) is 22.7 Å². The van der Waals surface area contributed by atoms with Gasteiger partial charge in [0.15, 0.2) is 6.61 Å². The van der Waals surface area contributed by atoms with Gasteiger partial charge in [-0.05, 0) is 42.5 Å². The molecule has 0 spiro atoms. The van der Waals surface area contributed by atoms with Gasteiger partial charge in [-0.15, -0.1) is 0 Å². The highest BCUT2D eigenvalue weighted by Gasteiger charge is 2.31. The molecule has 0 aliphatic carbocycles. The maximum Gasteiger partial charge on any atom is 0.262 e. The van der Waals surface area contributed by atoms with E-state index in [1.54, 1.807) is 29.2 Å². The average molecular weight is 458 g/mol. The van der Waals surface area contributed by atoms with Crippen LogP contribution >= 0.6 is 0 Å². The van der Waals surface area contributed by atoms with Crippen molar-refractivity contribution in [2.24, 2.45) is 0 Å². The summed E-state index contributed by atoms with van der Waals surface area (Å²) < 4.78 is 32.7. The lowest BCUT2D eigenvalue weighted by atomic mass is 10.1. The van der Waals surface area contributed by atoms with Gasteiger partial charge in [-0.3, -0.25) is 14.4 Å². The smallest absolute Gasteiger partial charge is 0.262 e. The number of nitrogens with one attached hydrogen (secondary N) is 2. The zero-order valence-electron chi connectivity index (χ0n) is 17.3. The van der Waals surface area contributed by atoms with Crippen molar-refractivity contribution in [1.82, 2.24) is 9.21 Å². The van der Waals surface area contributed by atoms with Crippen LogP contribution in [-0.4, -0.2) is 68.1 Å². The van der Waals surface area contributed by atoms with Gasteiger partial charge in [0.2, 0.25) is 15.9 Å². The molecule has 2 aliphatic rings. The molecule has 1 saturated heterocycles. The van der Waals surface area contributed by atoms with Gasteiger partial charge in [-0.1, -0.05) is 0 Å². The van der Waals surface area contributed by atoms with E-state index in [1.807, 2.05) is 0 Å². The van der Waals surface area contributed by atoms with Crippen molar-refractivity contribution >= 4 is 39.1 Å². The molecule has 11 heteroatoms. The highest BCUT2D eigenvalue weighted by Crippen LogP contribution is 2.31. The van der Waals surface area contributed by atoms with Gasteiger partial charge in [0, 0.05) is 44.4 Å². The average Bonchev–Trinajstić information content (AvgIpc) is 2.78. The van der Waals surface area contributed by atoms with Gasteiger partial charge in [-0.25, -0.2) is 8.42 Å². The molecule has 0 atom stereocenters. The Morgan fingerprint density at radius 3 is 2.38 bits per heavy atom. The third-order valence-corrected chi connectivity index (χ3v) is 7.09. The van der Waals surface area contributed by atoms with Crippen molar-refractivity contribution in [3.63, 3.8) is 0 Å². The van der Waals surface area contributed by atoms with Crippen molar-refractivity contribution in [3.05, 3.63) is 48.0 Å². The summed E-state index contributed by atoms with van der Waals surface area (Å²) in [5.74, 6) is -0.326. The number of carbonyl (C=O) groups excluding carboxylic acids is 3. The maximum atomic E-state index is 13.1. The first kappa shape index (κ1) is 21.8. The Labute approximate surface area is 185 Å². The number of benzene rings is 2. The van der Waals surface area contributed by atoms with Crippen molar-refractivity contribution in [1.29, 1.82) is 0 Å². The van der Waals surface area contributed by atoms with Crippen LogP contribution < -0.4 is 15.4 Å². The lowest BCUT2D eigenvalue weighted by Crippen LogP contribution is -2.50. The number of fused-ring (bicyclic) bond motifs is 1. The van der Waals surface area contributed by atoms with E-state index >= 15 is 0 Å². The molecule has 168 valence electrons. The molecule has 0 saturated carbocycles.